The van der Waals surface area contributed by atoms with Crippen LogP contribution in [0, 0.1) is 4.77 Å². The van der Waals surface area contributed by atoms with E-state index in [-0.39, 0.29) is 5.56 Å². The Labute approximate surface area is 120 Å². The number of para-hydroxylation sites is 1. The van der Waals surface area contributed by atoms with Crippen LogP contribution in [-0.4, -0.2) is 14.5 Å². The van der Waals surface area contributed by atoms with Crippen LogP contribution in [0.15, 0.2) is 53.6 Å². The van der Waals surface area contributed by atoms with Gasteiger partial charge in [0.15, 0.2) is 4.77 Å². The van der Waals surface area contributed by atoms with Crippen molar-refractivity contribution in [1.82, 2.24) is 14.5 Å². The van der Waals surface area contributed by atoms with Crippen molar-refractivity contribution < 1.29 is 0 Å². The predicted molar refractivity (Wildman–Crippen MR) is 81.3 cm³/mol. The minimum Gasteiger partial charge on any atom is -0.325 e. The number of aromatic amines is 1. The van der Waals surface area contributed by atoms with E-state index in [1.807, 2.05) is 16.7 Å². The molecule has 0 fully saturated rings. The summed E-state index contributed by atoms with van der Waals surface area (Å²) in [4.78, 5) is 18.2. The smallest absolute Gasteiger partial charge is 0.251 e. The molecule has 0 saturated carbocycles. The SMILES string of the molecule is O=c1ccn(CCc2cccc3cccnc23)c(=S)[nH]1. The zero-order chi connectivity index (χ0) is 13.9. The molecule has 100 valence electrons. The summed E-state index contributed by atoms with van der Waals surface area (Å²) in [7, 11) is 0. The third-order valence-corrected chi connectivity index (χ3v) is 3.57. The first-order valence-electron chi connectivity index (χ1n) is 6.36. The van der Waals surface area contributed by atoms with Crippen molar-refractivity contribution in [3.63, 3.8) is 0 Å². The van der Waals surface area contributed by atoms with Gasteiger partial charge in [0.05, 0.1) is 5.52 Å². The van der Waals surface area contributed by atoms with Crippen LogP contribution < -0.4 is 5.56 Å². The Morgan fingerprint density at radius 1 is 1.20 bits per heavy atom. The topological polar surface area (TPSA) is 50.7 Å². The highest BCUT2D eigenvalue weighted by atomic mass is 32.1. The average Bonchev–Trinajstić information content (AvgIpc) is 2.46. The number of aromatic nitrogens is 3. The molecule has 0 aliphatic rings. The van der Waals surface area contributed by atoms with Gasteiger partial charge in [0.1, 0.15) is 0 Å². The third kappa shape index (κ3) is 2.53. The van der Waals surface area contributed by atoms with E-state index < -0.39 is 0 Å². The van der Waals surface area contributed by atoms with Crippen molar-refractivity contribution in [3.05, 3.63) is 69.5 Å². The molecule has 0 aliphatic carbocycles. The maximum atomic E-state index is 11.1. The fourth-order valence-electron chi connectivity index (χ4n) is 2.23. The van der Waals surface area contributed by atoms with Gasteiger partial charge < -0.3 is 4.57 Å². The number of nitrogens with zero attached hydrogens (tertiary/aromatic N) is 2. The lowest BCUT2D eigenvalue weighted by Gasteiger charge is -2.08. The lowest BCUT2D eigenvalue weighted by molar-refractivity contribution is 0.664. The van der Waals surface area contributed by atoms with Crippen LogP contribution in [-0.2, 0) is 13.0 Å². The molecule has 2 aromatic heterocycles. The van der Waals surface area contributed by atoms with Gasteiger partial charge in [-0.3, -0.25) is 14.8 Å². The zero-order valence-electron chi connectivity index (χ0n) is 10.7. The lowest BCUT2D eigenvalue weighted by atomic mass is 10.1. The summed E-state index contributed by atoms with van der Waals surface area (Å²) in [5.41, 5.74) is 2.03. The molecule has 0 bridgehead atoms. The van der Waals surface area contributed by atoms with Gasteiger partial charge in [0, 0.05) is 30.4 Å². The average molecular weight is 283 g/mol. The van der Waals surface area contributed by atoms with Gasteiger partial charge >= 0.3 is 0 Å². The summed E-state index contributed by atoms with van der Waals surface area (Å²) >= 11 is 5.14. The molecule has 0 atom stereocenters. The normalized spacial score (nSPS) is 10.8. The van der Waals surface area contributed by atoms with E-state index in [1.54, 1.807) is 12.4 Å². The molecule has 20 heavy (non-hydrogen) atoms. The number of fused-ring (bicyclic) bond motifs is 1. The maximum absolute atomic E-state index is 11.1. The van der Waals surface area contributed by atoms with Crippen LogP contribution in [0.2, 0.25) is 0 Å². The maximum Gasteiger partial charge on any atom is 0.251 e. The number of rotatable bonds is 3. The molecule has 0 aliphatic heterocycles. The van der Waals surface area contributed by atoms with E-state index in [1.165, 1.54) is 11.6 Å². The molecule has 3 rings (SSSR count). The van der Waals surface area contributed by atoms with E-state index in [4.69, 9.17) is 12.2 Å². The van der Waals surface area contributed by atoms with Crippen molar-refractivity contribution in [2.45, 2.75) is 13.0 Å². The number of H-pyrrole nitrogens is 1. The van der Waals surface area contributed by atoms with E-state index in [0.717, 1.165) is 17.3 Å². The fourth-order valence-corrected chi connectivity index (χ4v) is 2.48. The second kappa shape index (κ2) is 5.38. The van der Waals surface area contributed by atoms with E-state index >= 15 is 0 Å². The number of benzene rings is 1. The van der Waals surface area contributed by atoms with Crippen molar-refractivity contribution in [3.8, 4) is 0 Å². The van der Waals surface area contributed by atoms with Gasteiger partial charge in [0.2, 0.25) is 0 Å². The molecule has 0 unspecified atom stereocenters. The van der Waals surface area contributed by atoms with Gasteiger partial charge in [-0.15, -0.1) is 0 Å². The Bertz CT molecular complexity index is 861. The fraction of sp³-hybridized carbons (Fsp3) is 0.133. The molecule has 0 saturated heterocycles. The lowest BCUT2D eigenvalue weighted by Crippen LogP contribution is -2.12. The molecule has 0 radical (unpaired) electrons. The van der Waals surface area contributed by atoms with Gasteiger partial charge in [0.25, 0.3) is 5.56 Å². The standard InChI is InChI=1S/C15H13N3OS/c19-13-7-10-18(15(20)17-13)9-6-12-4-1-3-11-5-2-8-16-14(11)12/h1-5,7-8,10H,6,9H2,(H,17,19,20). The van der Waals surface area contributed by atoms with Gasteiger partial charge in [-0.1, -0.05) is 24.3 Å². The monoisotopic (exact) mass is 283 g/mol. The quantitative estimate of drug-likeness (QED) is 0.752. The summed E-state index contributed by atoms with van der Waals surface area (Å²) in [6.07, 6.45) is 4.34. The molecule has 1 N–H and O–H groups in total. The number of nitrogens with one attached hydrogen (secondary N) is 1. The highest BCUT2D eigenvalue weighted by Gasteiger charge is 2.02. The van der Waals surface area contributed by atoms with E-state index in [0.29, 0.717) is 11.3 Å². The van der Waals surface area contributed by atoms with Crippen molar-refractivity contribution in [2.75, 3.05) is 0 Å². The van der Waals surface area contributed by atoms with Crippen LogP contribution in [0.25, 0.3) is 10.9 Å². The van der Waals surface area contributed by atoms with Gasteiger partial charge in [-0.2, -0.15) is 0 Å². The largest absolute Gasteiger partial charge is 0.325 e. The van der Waals surface area contributed by atoms with Crippen LogP contribution in [0.1, 0.15) is 5.56 Å². The Balaban J connectivity index is 1.90. The van der Waals surface area contributed by atoms with Gasteiger partial charge in [-0.25, -0.2) is 0 Å². The molecule has 3 aromatic rings. The summed E-state index contributed by atoms with van der Waals surface area (Å²) < 4.78 is 2.31. The molecule has 0 amide bonds. The summed E-state index contributed by atoms with van der Waals surface area (Å²) in [5, 5.41) is 1.13. The Morgan fingerprint density at radius 3 is 2.90 bits per heavy atom. The Morgan fingerprint density at radius 2 is 2.05 bits per heavy atom. The van der Waals surface area contributed by atoms with Crippen molar-refractivity contribution in [2.24, 2.45) is 0 Å². The summed E-state index contributed by atoms with van der Waals surface area (Å²) in [6.45, 7) is 0.714. The highest BCUT2D eigenvalue weighted by molar-refractivity contribution is 7.71. The van der Waals surface area contributed by atoms with E-state index in [2.05, 4.69) is 28.2 Å². The second-order valence-electron chi connectivity index (χ2n) is 4.55. The van der Waals surface area contributed by atoms with Crippen LogP contribution in [0.4, 0.5) is 0 Å². The van der Waals surface area contributed by atoms with Crippen molar-refractivity contribution >= 4 is 23.1 Å². The molecule has 4 nitrogen and oxygen atoms in total. The number of hydrogen-bond acceptors (Lipinski definition) is 3. The first kappa shape index (κ1) is 12.7. The summed E-state index contributed by atoms with van der Waals surface area (Å²) in [6, 6.07) is 11.6. The van der Waals surface area contributed by atoms with Crippen LogP contribution in [0.3, 0.4) is 0 Å². The van der Waals surface area contributed by atoms with Crippen LogP contribution in [0.5, 0.6) is 0 Å². The minimum atomic E-state index is -0.168. The molecule has 5 heteroatoms. The van der Waals surface area contributed by atoms with Gasteiger partial charge in [-0.05, 0) is 30.3 Å². The number of hydrogen-bond donors (Lipinski definition) is 1. The van der Waals surface area contributed by atoms with Crippen molar-refractivity contribution in [1.29, 1.82) is 0 Å². The first-order chi connectivity index (χ1) is 9.74. The predicted octanol–water partition coefficient (Wildman–Crippen LogP) is 2.70. The zero-order valence-corrected chi connectivity index (χ0v) is 11.6. The minimum absolute atomic E-state index is 0.168. The number of aryl methyl sites for hydroxylation is 2. The molecular formula is C15H13N3OS. The third-order valence-electron chi connectivity index (χ3n) is 3.24. The highest BCUT2D eigenvalue weighted by Crippen LogP contribution is 2.16. The van der Waals surface area contributed by atoms with Crippen LogP contribution >= 0.6 is 12.2 Å². The first-order valence-corrected chi connectivity index (χ1v) is 6.77. The summed E-state index contributed by atoms with van der Waals surface area (Å²) in [5.74, 6) is 0. The van der Waals surface area contributed by atoms with E-state index in [9.17, 15) is 4.79 Å². The molecule has 1 aromatic carbocycles. The molecular weight excluding hydrogens is 270 g/mol. The second-order valence-corrected chi connectivity index (χ2v) is 4.93. The molecule has 2 heterocycles. The Kier molecular flexibility index (Phi) is 3.43. The Hall–Kier alpha value is -2.27. The number of pyridine rings is 1. The molecule has 0 spiro atoms.